The number of hydrogen-bond donors (Lipinski definition) is 0. The molecule has 0 saturated carbocycles. The molecule has 6 nitrogen and oxygen atoms in total. The monoisotopic (exact) mass is 680 g/mol. The lowest BCUT2D eigenvalue weighted by atomic mass is 10.1. The number of carbonyl (C=O) groups excluding carboxylic acids is 1. The molecule has 2 heterocycles. The Bertz CT molecular complexity index is 1280. The van der Waals surface area contributed by atoms with Gasteiger partial charge in [0.15, 0.2) is 0 Å². The van der Waals surface area contributed by atoms with Crippen molar-refractivity contribution in [2.75, 3.05) is 0 Å². The maximum Gasteiger partial charge on any atom is 0.302 e. The highest BCUT2D eigenvalue weighted by molar-refractivity contribution is 9.11. The van der Waals surface area contributed by atoms with Crippen LogP contribution in [0.3, 0.4) is 0 Å². The quantitative estimate of drug-likeness (QED) is 0.123. The van der Waals surface area contributed by atoms with Crippen molar-refractivity contribution >= 4 is 98.8 Å². The van der Waals surface area contributed by atoms with Crippen molar-refractivity contribution < 1.29 is 9.53 Å². The van der Waals surface area contributed by atoms with Crippen LogP contribution in [0.15, 0.2) is 45.6 Å². The topological polar surface area (TPSA) is 77.9 Å². The summed E-state index contributed by atoms with van der Waals surface area (Å²) in [7, 11) is 0. The van der Waals surface area contributed by atoms with E-state index in [9.17, 15) is 4.79 Å². The van der Waals surface area contributed by atoms with Crippen molar-refractivity contribution in [2.45, 2.75) is 33.7 Å². The average molecular weight is 684 g/mol. The third-order valence-electron chi connectivity index (χ3n) is 4.06. The van der Waals surface area contributed by atoms with Gasteiger partial charge in [-0.15, -0.1) is 0 Å². The number of fused-ring (bicyclic) bond motifs is 2. The predicted octanol–water partition coefficient (Wildman–Crippen LogP) is 8.32. The second-order valence-corrected chi connectivity index (χ2v) is 8.97. The summed E-state index contributed by atoms with van der Waals surface area (Å²) in [6.07, 6.45) is 3.36. The van der Waals surface area contributed by atoms with Crippen LogP contribution in [0.1, 0.15) is 32.9 Å². The molecule has 0 aliphatic rings. The standard InChI is InChI=1S/C11H8BrClN2O2.C9H5Br2ClN2.2CH4/c1-6(16)17-5-8-3-2-7-4-14-11(13)15-10(7)9(8)12;10-3-5-1-2-6-4-13-9(12)14-8(6)7(5)11;;/h2-4H,5H2,1H3;1-2,4H,3H2;2*1H4. The van der Waals surface area contributed by atoms with Crippen LogP contribution in [0.4, 0.5) is 0 Å². The van der Waals surface area contributed by atoms with Crippen LogP contribution in [0.2, 0.25) is 10.6 Å². The molecular weight excluding hydrogens is 663 g/mol. The minimum Gasteiger partial charge on any atom is -0.461 e. The van der Waals surface area contributed by atoms with E-state index in [-0.39, 0.29) is 38.0 Å². The number of nitrogens with zero attached hydrogens (tertiary/aromatic N) is 4. The summed E-state index contributed by atoms with van der Waals surface area (Å²) in [6, 6.07) is 7.72. The molecule has 11 heteroatoms. The number of rotatable bonds is 3. The van der Waals surface area contributed by atoms with Gasteiger partial charge >= 0.3 is 5.97 Å². The van der Waals surface area contributed by atoms with E-state index in [0.717, 1.165) is 41.7 Å². The van der Waals surface area contributed by atoms with Crippen LogP contribution >= 0.6 is 71.0 Å². The van der Waals surface area contributed by atoms with Crippen molar-refractivity contribution in [3.05, 3.63) is 67.3 Å². The zero-order valence-electron chi connectivity index (χ0n) is 15.9. The molecule has 0 saturated heterocycles. The number of alkyl halides is 1. The summed E-state index contributed by atoms with van der Waals surface area (Å²) < 4.78 is 6.68. The van der Waals surface area contributed by atoms with E-state index in [0.29, 0.717) is 5.52 Å². The first kappa shape index (κ1) is 29.6. The predicted molar refractivity (Wildman–Crippen MR) is 146 cm³/mol. The van der Waals surface area contributed by atoms with Gasteiger partial charge < -0.3 is 4.74 Å². The van der Waals surface area contributed by atoms with Crippen LogP contribution < -0.4 is 0 Å². The Morgan fingerprint density at radius 3 is 1.79 bits per heavy atom. The van der Waals surface area contributed by atoms with Crippen LogP contribution in [0.25, 0.3) is 21.8 Å². The molecule has 0 amide bonds. The SMILES string of the molecule is C.C.CC(=O)OCc1ccc2cnc(Cl)nc2c1Br.Clc1ncc2ccc(CBr)c(Br)c2n1. The van der Waals surface area contributed by atoms with Gasteiger partial charge in [0.1, 0.15) is 6.61 Å². The Morgan fingerprint density at radius 2 is 1.33 bits per heavy atom. The molecule has 0 spiro atoms. The highest BCUT2D eigenvalue weighted by Crippen LogP contribution is 2.28. The van der Waals surface area contributed by atoms with Gasteiger partial charge in [-0.2, -0.15) is 0 Å². The molecule has 0 unspecified atom stereocenters. The Hall–Kier alpha value is -1.39. The van der Waals surface area contributed by atoms with Crippen molar-refractivity contribution in [3.8, 4) is 0 Å². The fourth-order valence-corrected chi connectivity index (χ4v) is 4.82. The minimum absolute atomic E-state index is 0. The van der Waals surface area contributed by atoms with Gasteiger partial charge in [-0.05, 0) is 60.6 Å². The highest BCUT2D eigenvalue weighted by Gasteiger charge is 2.09. The van der Waals surface area contributed by atoms with E-state index in [1.807, 2.05) is 24.3 Å². The number of carbonyl (C=O) groups is 1. The molecule has 0 aliphatic carbocycles. The second-order valence-electron chi connectivity index (χ2n) is 6.14. The van der Waals surface area contributed by atoms with Gasteiger partial charge in [0.05, 0.1) is 15.5 Å². The maximum atomic E-state index is 10.8. The van der Waals surface area contributed by atoms with Gasteiger partial charge in [-0.1, -0.05) is 55.0 Å². The summed E-state index contributed by atoms with van der Waals surface area (Å²) in [5.74, 6) is -0.322. The van der Waals surface area contributed by atoms with Gasteiger partial charge in [0.25, 0.3) is 0 Å². The third-order valence-corrected chi connectivity index (χ3v) is 6.80. The molecular formula is C22H21Br3Cl2N4O2. The Balaban J connectivity index is 0.000000316. The lowest BCUT2D eigenvalue weighted by Crippen LogP contribution is -2.00. The lowest BCUT2D eigenvalue weighted by Gasteiger charge is -2.07. The van der Waals surface area contributed by atoms with E-state index in [1.54, 1.807) is 12.4 Å². The molecule has 0 aliphatic heterocycles. The van der Waals surface area contributed by atoms with E-state index in [2.05, 4.69) is 67.7 Å². The average Bonchev–Trinajstić information content (AvgIpc) is 2.75. The van der Waals surface area contributed by atoms with Gasteiger partial charge in [0.2, 0.25) is 10.6 Å². The second kappa shape index (κ2) is 13.5. The van der Waals surface area contributed by atoms with E-state index in [1.165, 1.54) is 6.92 Å². The number of hydrogen-bond acceptors (Lipinski definition) is 6. The maximum absolute atomic E-state index is 10.8. The molecule has 0 radical (unpaired) electrons. The lowest BCUT2D eigenvalue weighted by molar-refractivity contribution is -0.142. The highest BCUT2D eigenvalue weighted by atomic mass is 79.9. The van der Waals surface area contributed by atoms with Crippen molar-refractivity contribution in [1.82, 2.24) is 19.9 Å². The molecule has 4 aromatic rings. The molecule has 0 atom stereocenters. The Kier molecular flexibility index (Phi) is 12.1. The van der Waals surface area contributed by atoms with Crippen molar-refractivity contribution in [3.63, 3.8) is 0 Å². The number of halogens is 5. The van der Waals surface area contributed by atoms with Crippen LogP contribution in [-0.2, 0) is 21.5 Å². The first-order valence-corrected chi connectivity index (χ1v) is 12.1. The molecule has 0 bridgehead atoms. The molecule has 0 N–H and O–H groups in total. The molecule has 176 valence electrons. The summed E-state index contributed by atoms with van der Waals surface area (Å²) in [5, 5.41) is 3.08. The third kappa shape index (κ3) is 7.55. The molecule has 2 aromatic heterocycles. The van der Waals surface area contributed by atoms with Crippen LogP contribution in [0.5, 0.6) is 0 Å². The number of benzene rings is 2. The van der Waals surface area contributed by atoms with E-state index < -0.39 is 0 Å². The van der Waals surface area contributed by atoms with Gasteiger partial charge in [0, 0.05) is 45.5 Å². The van der Waals surface area contributed by atoms with Gasteiger partial charge in [-0.3, -0.25) is 4.79 Å². The first-order chi connectivity index (χ1) is 14.8. The number of aromatic nitrogens is 4. The molecule has 2 aromatic carbocycles. The zero-order chi connectivity index (χ0) is 22.5. The largest absolute Gasteiger partial charge is 0.461 e. The fraction of sp³-hybridized carbons (Fsp3) is 0.227. The first-order valence-electron chi connectivity index (χ1n) is 8.68. The van der Waals surface area contributed by atoms with E-state index in [4.69, 9.17) is 27.9 Å². The molecule has 33 heavy (non-hydrogen) atoms. The van der Waals surface area contributed by atoms with Crippen LogP contribution in [0, 0.1) is 0 Å². The summed E-state index contributed by atoms with van der Waals surface area (Å²) in [6.45, 7) is 1.57. The fourth-order valence-electron chi connectivity index (χ4n) is 2.56. The Labute approximate surface area is 227 Å². The number of ether oxygens (including phenoxy) is 1. The van der Waals surface area contributed by atoms with Crippen LogP contribution in [-0.4, -0.2) is 25.9 Å². The molecule has 0 fully saturated rings. The zero-order valence-corrected chi connectivity index (χ0v) is 22.1. The summed E-state index contributed by atoms with van der Waals surface area (Å²) in [5.41, 5.74) is 3.53. The number of esters is 1. The van der Waals surface area contributed by atoms with Crippen molar-refractivity contribution in [2.24, 2.45) is 0 Å². The smallest absolute Gasteiger partial charge is 0.302 e. The summed E-state index contributed by atoms with van der Waals surface area (Å²) >= 11 is 21.8. The van der Waals surface area contributed by atoms with E-state index >= 15 is 0 Å². The Morgan fingerprint density at radius 1 is 0.879 bits per heavy atom. The van der Waals surface area contributed by atoms with Crippen molar-refractivity contribution in [1.29, 1.82) is 0 Å². The van der Waals surface area contributed by atoms with Gasteiger partial charge in [-0.25, -0.2) is 19.9 Å². The molecule has 4 rings (SSSR count). The normalized spacial score (nSPS) is 10.0. The summed E-state index contributed by atoms with van der Waals surface area (Å²) in [4.78, 5) is 26.9. The minimum atomic E-state index is -0.322.